The van der Waals surface area contributed by atoms with E-state index in [0.29, 0.717) is 33.4 Å². The van der Waals surface area contributed by atoms with Crippen LogP contribution in [0.5, 0.6) is 17.2 Å². The summed E-state index contributed by atoms with van der Waals surface area (Å²) < 4.78 is 107. The summed E-state index contributed by atoms with van der Waals surface area (Å²) in [6.07, 6.45) is -4.56. The Hall–Kier alpha value is -10.6. The van der Waals surface area contributed by atoms with Gasteiger partial charge in [0.15, 0.2) is 0 Å². The Kier molecular flexibility index (Phi) is 25.6. The number of amides is 4. The molecule has 0 aromatic heterocycles. The van der Waals surface area contributed by atoms with E-state index in [9.17, 15) is 47.0 Å². The molecule has 0 aliphatic carbocycles. The second-order valence-corrected chi connectivity index (χ2v) is 22.2. The van der Waals surface area contributed by atoms with Crippen molar-refractivity contribution in [3.63, 3.8) is 0 Å². The first-order chi connectivity index (χ1) is 45.4. The van der Waals surface area contributed by atoms with Gasteiger partial charge in [-0.25, -0.2) is 32.3 Å². The van der Waals surface area contributed by atoms with Crippen LogP contribution in [0.3, 0.4) is 0 Å². The van der Waals surface area contributed by atoms with Gasteiger partial charge in [0.1, 0.15) is 62.7 Å². The Bertz CT molecular complexity index is 3810. The predicted octanol–water partition coefficient (Wildman–Crippen LogP) is 12.0. The smallest absolute Gasteiger partial charge is 0.408 e. The van der Waals surface area contributed by atoms with Crippen molar-refractivity contribution in [1.82, 2.24) is 21.3 Å². The zero-order valence-corrected chi connectivity index (χ0v) is 51.3. The van der Waals surface area contributed by atoms with Crippen molar-refractivity contribution in [1.29, 1.82) is 0 Å². The van der Waals surface area contributed by atoms with Crippen molar-refractivity contribution >= 4 is 35.9 Å². The Morgan fingerprint density at radius 3 is 1.32 bits per heavy atom. The molecular weight excluding hydrogens is 1220 g/mol. The van der Waals surface area contributed by atoms with Gasteiger partial charge in [-0.15, -0.1) is 0 Å². The van der Waals surface area contributed by atoms with Crippen LogP contribution >= 0.6 is 0 Å². The second-order valence-electron chi connectivity index (χ2n) is 22.2. The number of halogens is 5. The first-order valence-corrected chi connectivity index (χ1v) is 30.1. The van der Waals surface area contributed by atoms with Gasteiger partial charge in [0.25, 0.3) is 0 Å². The maximum absolute atomic E-state index is 15.1. The first-order valence-electron chi connectivity index (χ1n) is 30.1. The minimum Gasteiger partial charge on any atom is -0.489 e. The summed E-state index contributed by atoms with van der Waals surface area (Å²) in [4.78, 5) is 83.1. The molecule has 490 valence electrons. The number of esters is 2. The number of ether oxygens (including phenoxy) is 6. The van der Waals surface area contributed by atoms with Crippen LogP contribution in [0.25, 0.3) is 11.1 Å². The molecule has 0 saturated heterocycles. The lowest BCUT2D eigenvalue weighted by Gasteiger charge is -2.25. The highest BCUT2D eigenvalue weighted by Gasteiger charge is 2.34. The molecule has 0 aliphatic rings. The predicted molar refractivity (Wildman–Crippen MR) is 336 cm³/mol. The van der Waals surface area contributed by atoms with Gasteiger partial charge < -0.3 is 54.8 Å². The Balaban J connectivity index is 1.14. The zero-order chi connectivity index (χ0) is 66.9. The number of benzene rings is 8. The Morgan fingerprint density at radius 1 is 0.447 bits per heavy atom. The molecule has 4 amide bonds. The molecule has 0 saturated carbocycles. The van der Waals surface area contributed by atoms with Crippen molar-refractivity contribution in [2.24, 2.45) is 5.92 Å². The van der Waals surface area contributed by atoms with Crippen LogP contribution in [0.15, 0.2) is 188 Å². The Labute approximate surface area is 539 Å². The third-order valence-electron chi connectivity index (χ3n) is 14.5. The summed E-state index contributed by atoms with van der Waals surface area (Å²) in [6, 6.07) is 49.3. The van der Waals surface area contributed by atoms with Crippen LogP contribution in [0, 0.1) is 35.0 Å². The summed E-state index contributed by atoms with van der Waals surface area (Å²) in [5, 5.41) is 21.3. The average molecular weight is 1290 g/mol. The standard InChI is InChI=1S/C72H69F5N4O13/c1-45(2)34-57(69(85)91-42-48-22-12-5-13-23-48)80-68(84)56(79-61(83)33-30-55(82)39-78-71(87)92-43-49-24-14-6-15-25-49)37-53-35-51(28-31-59(53)89-40-46-18-8-3-9-19-46)52-29-32-60(90-41-47-20-10-4-11-21-47)54(36-52)38-58(81-72(88)93-44-50-26-16-7-17-27-50)70(86)94-67-65(76)63(74)62(73)64(75)66(67)77/h3-29,31-32,35-36,45,55-58,82H,30,33-34,37-44H2,1-2H3,(H,78,87)(H,79,83)(H,80,84)(H,81,88)/t55-,56+,57+,58+/m1/s1. The number of rotatable bonds is 31. The van der Waals surface area contributed by atoms with Crippen LogP contribution in [-0.4, -0.2) is 71.8 Å². The van der Waals surface area contributed by atoms with Gasteiger partial charge in [-0.05, 0) is 93.1 Å². The van der Waals surface area contributed by atoms with Gasteiger partial charge in [-0.1, -0.05) is 178 Å². The zero-order valence-electron chi connectivity index (χ0n) is 51.3. The lowest BCUT2D eigenvalue weighted by atomic mass is 9.95. The summed E-state index contributed by atoms with van der Waals surface area (Å²) in [5.41, 5.74) is 4.70. The molecule has 4 atom stereocenters. The lowest BCUT2D eigenvalue weighted by molar-refractivity contribution is -0.149. The minimum atomic E-state index is -2.50. The van der Waals surface area contributed by atoms with E-state index in [-0.39, 0.29) is 88.2 Å². The van der Waals surface area contributed by atoms with E-state index >= 15 is 8.78 Å². The molecule has 22 heteroatoms. The molecule has 8 aromatic carbocycles. The van der Waals surface area contributed by atoms with Crippen LogP contribution in [-0.2, 0) is 79.3 Å². The van der Waals surface area contributed by atoms with Gasteiger partial charge in [0, 0.05) is 25.8 Å². The molecule has 0 heterocycles. The maximum Gasteiger partial charge on any atom is 0.408 e. The van der Waals surface area contributed by atoms with Crippen LogP contribution in [0.2, 0.25) is 0 Å². The molecular formula is C72H69F5N4O13. The van der Waals surface area contributed by atoms with E-state index in [0.717, 1.165) is 11.1 Å². The van der Waals surface area contributed by atoms with Gasteiger partial charge >= 0.3 is 24.1 Å². The molecule has 5 N–H and O–H groups in total. The normalized spacial score (nSPS) is 12.3. The fourth-order valence-electron chi connectivity index (χ4n) is 9.61. The Morgan fingerprint density at radius 2 is 0.862 bits per heavy atom. The van der Waals surface area contributed by atoms with Gasteiger partial charge in [-0.2, -0.15) is 8.78 Å². The van der Waals surface area contributed by atoms with Crippen LogP contribution in [0.4, 0.5) is 31.5 Å². The van der Waals surface area contributed by atoms with Crippen molar-refractivity contribution in [2.45, 2.75) is 103 Å². The fourth-order valence-corrected chi connectivity index (χ4v) is 9.61. The van der Waals surface area contributed by atoms with Crippen molar-refractivity contribution in [2.75, 3.05) is 6.54 Å². The third kappa shape index (κ3) is 21.0. The molecule has 0 fully saturated rings. The lowest BCUT2D eigenvalue weighted by Crippen LogP contribution is -2.53. The molecule has 8 aromatic rings. The monoisotopic (exact) mass is 1290 g/mol. The van der Waals surface area contributed by atoms with E-state index in [1.54, 1.807) is 140 Å². The second kappa shape index (κ2) is 34.7. The van der Waals surface area contributed by atoms with Crippen LogP contribution < -0.4 is 35.5 Å². The van der Waals surface area contributed by atoms with Gasteiger partial charge in [-0.3, -0.25) is 9.59 Å². The highest BCUT2D eigenvalue weighted by atomic mass is 19.2. The van der Waals surface area contributed by atoms with E-state index in [1.807, 2.05) is 56.3 Å². The summed E-state index contributed by atoms with van der Waals surface area (Å²) in [7, 11) is 0. The minimum absolute atomic E-state index is 0.0204. The SMILES string of the molecule is CC(C)C[C@H](NC(=O)[C@H](Cc1cc(-c2ccc(OCc3ccccc3)c(C[C@H](NC(=O)OCc3ccccc3)C(=O)Oc3c(F)c(F)c(F)c(F)c3F)c2)ccc1OCc1ccccc1)NC(=O)CC[C@@H](O)CNC(=O)OCc1ccccc1)C(=O)OCc1ccccc1. The number of aliphatic hydroxyl groups is 1. The number of aliphatic hydroxyl groups excluding tert-OH is 1. The van der Waals surface area contributed by atoms with Gasteiger partial charge in [0.05, 0.1) is 6.10 Å². The molecule has 8 rings (SSSR count). The first kappa shape index (κ1) is 69.3. The number of alkyl carbamates (subject to hydrolysis) is 2. The van der Waals surface area contributed by atoms with Gasteiger partial charge in [0.2, 0.25) is 46.6 Å². The molecule has 94 heavy (non-hydrogen) atoms. The van der Waals surface area contributed by atoms with E-state index in [1.165, 1.54) is 6.07 Å². The fraction of sp³-hybridized carbons (Fsp3) is 0.250. The molecule has 0 aliphatic heterocycles. The maximum atomic E-state index is 15.1. The van der Waals surface area contributed by atoms with E-state index < -0.39 is 101 Å². The average Bonchev–Trinajstić information content (AvgIpc) is 0.837. The van der Waals surface area contributed by atoms with Crippen LogP contribution in [0.1, 0.15) is 72.1 Å². The number of hydrogen-bond donors (Lipinski definition) is 5. The molecule has 0 unspecified atom stereocenters. The topological polar surface area (TPSA) is 226 Å². The largest absolute Gasteiger partial charge is 0.489 e. The summed E-state index contributed by atoms with van der Waals surface area (Å²) in [6.45, 7) is 2.99. The molecule has 0 bridgehead atoms. The highest BCUT2D eigenvalue weighted by molar-refractivity contribution is 5.91. The highest BCUT2D eigenvalue weighted by Crippen LogP contribution is 2.34. The van der Waals surface area contributed by atoms with E-state index in [2.05, 4.69) is 21.3 Å². The molecule has 17 nitrogen and oxygen atoms in total. The molecule has 0 radical (unpaired) electrons. The number of nitrogens with one attached hydrogen (secondary N) is 4. The quantitative estimate of drug-likeness (QED) is 0.00681. The summed E-state index contributed by atoms with van der Waals surface area (Å²) in [5.74, 6) is -17.8. The van der Waals surface area contributed by atoms with Crippen molar-refractivity contribution in [3.05, 3.63) is 256 Å². The number of hydrogen-bond acceptors (Lipinski definition) is 13. The number of carbonyl (C=O) groups is 6. The van der Waals surface area contributed by atoms with Crippen molar-refractivity contribution in [3.8, 4) is 28.4 Å². The van der Waals surface area contributed by atoms with Crippen molar-refractivity contribution < 1.29 is 84.2 Å². The third-order valence-corrected chi connectivity index (χ3v) is 14.5. The van der Waals surface area contributed by atoms with E-state index in [4.69, 9.17) is 28.4 Å². The molecule has 0 spiro atoms. The summed E-state index contributed by atoms with van der Waals surface area (Å²) >= 11 is 0. The number of carbonyl (C=O) groups excluding carboxylic acids is 6.